The van der Waals surface area contributed by atoms with Gasteiger partial charge >= 0.3 is 0 Å². The van der Waals surface area contributed by atoms with Gasteiger partial charge in [-0.25, -0.2) is 4.39 Å². The maximum atomic E-state index is 14.0. The van der Waals surface area contributed by atoms with E-state index in [1.807, 2.05) is 19.1 Å². The smallest absolute Gasteiger partial charge is 0.242 e. The van der Waals surface area contributed by atoms with E-state index in [9.17, 15) is 14.0 Å². The number of methoxy groups -OCH3 is 1. The predicted octanol–water partition coefficient (Wildman–Crippen LogP) is 3.71. The van der Waals surface area contributed by atoms with Crippen molar-refractivity contribution in [3.8, 4) is 5.75 Å². The molecule has 0 aromatic heterocycles. The van der Waals surface area contributed by atoms with Crippen molar-refractivity contribution >= 4 is 11.8 Å². The fraction of sp³-hybridized carbons (Fsp3) is 0.391. The molecular weight excluding hydrogens is 371 g/mol. The van der Waals surface area contributed by atoms with Gasteiger partial charge in [0.25, 0.3) is 0 Å². The van der Waals surface area contributed by atoms with Gasteiger partial charge in [0.2, 0.25) is 11.8 Å². The van der Waals surface area contributed by atoms with Gasteiger partial charge in [-0.2, -0.15) is 0 Å². The molecule has 0 saturated carbocycles. The molecule has 0 aliphatic rings. The molecule has 0 spiro atoms. The predicted molar refractivity (Wildman–Crippen MR) is 111 cm³/mol. The third-order valence-corrected chi connectivity index (χ3v) is 4.81. The molecule has 1 N–H and O–H groups in total. The molecule has 156 valence electrons. The molecule has 0 radical (unpaired) electrons. The summed E-state index contributed by atoms with van der Waals surface area (Å²) in [5.41, 5.74) is 1.18. The van der Waals surface area contributed by atoms with Crippen LogP contribution >= 0.6 is 0 Å². The number of ether oxygens (including phenoxy) is 1. The van der Waals surface area contributed by atoms with Crippen LogP contribution in [0.3, 0.4) is 0 Å². The van der Waals surface area contributed by atoms with Crippen molar-refractivity contribution in [1.29, 1.82) is 0 Å². The summed E-state index contributed by atoms with van der Waals surface area (Å²) in [6, 6.07) is 12.8. The van der Waals surface area contributed by atoms with Crippen LogP contribution in [0.25, 0.3) is 0 Å². The molecule has 1 atom stereocenters. The highest BCUT2D eigenvalue weighted by molar-refractivity contribution is 5.88. The molecule has 5 nitrogen and oxygen atoms in total. The third-order valence-electron chi connectivity index (χ3n) is 4.81. The van der Waals surface area contributed by atoms with Crippen LogP contribution < -0.4 is 10.1 Å². The number of halogens is 1. The fourth-order valence-corrected chi connectivity index (χ4v) is 2.95. The number of carbonyl (C=O) groups excluding carboxylic acids is 2. The highest BCUT2D eigenvalue weighted by Gasteiger charge is 2.26. The lowest BCUT2D eigenvalue weighted by Gasteiger charge is -2.29. The summed E-state index contributed by atoms with van der Waals surface area (Å²) in [6.45, 7) is 4.56. The standard InChI is InChI=1S/C23H29FN2O3/c1-4-5-14-25-23(28)17(2)26(16-18-10-12-20(29-3)13-11-18)22(27)15-19-8-6-7-9-21(19)24/h6-13,17H,4-5,14-16H2,1-3H3,(H,25,28)/t17-/m0/s1. The van der Waals surface area contributed by atoms with Crippen LogP contribution in [-0.2, 0) is 22.6 Å². The Bertz CT molecular complexity index is 808. The molecule has 0 saturated heterocycles. The minimum atomic E-state index is -0.673. The van der Waals surface area contributed by atoms with Crippen molar-refractivity contribution in [3.05, 3.63) is 65.5 Å². The van der Waals surface area contributed by atoms with Crippen molar-refractivity contribution in [1.82, 2.24) is 10.2 Å². The lowest BCUT2D eigenvalue weighted by atomic mass is 10.1. The van der Waals surface area contributed by atoms with Gasteiger partial charge in [0, 0.05) is 13.1 Å². The molecule has 2 aromatic rings. The lowest BCUT2D eigenvalue weighted by molar-refractivity contribution is -0.140. The first-order valence-electron chi connectivity index (χ1n) is 9.89. The van der Waals surface area contributed by atoms with E-state index in [0.717, 1.165) is 18.4 Å². The van der Waals surface area contributed by atoms with E-state index < -0.39 is 11.9 Å². The summed E-state index contributed by atoms with van der Waals surface area (Å²) < 4.78 is 19.2. The number of nitrogens with one attached hydrogen (secondary N) is 1. The number of carbonyl (C=O) groups is 2. The van der Waals surface area contributed by atoms with Crippen LogP contribution in [0.1, 0.15) is 37.8 Å². The van der Waals surface area contributed by atoms with Gasteiger partial charge in [-0.1, -0.05) is 43.7 Å². The monoisotopic (exact) mass is 400 g/mol. The maximum absolute atomic E-state index is 14.0. The Morgan fingerprint density at radius 3 is 2.45 bits per heavy atom. The second-order valence-electron chi connectivity index (χ2n) is 6.96. The van der Waals surface area contributed by atoms with Crippen LogP contribution in [0.5, 0.6) is 5.75 Å². The zero-order valence-electron chi connectivity index (χ0n) is 17.3. The van der Waals surface area contributed by atoms with E-state index in [2.05, 4.69) is 5.32 Å². The topological polar surface area (TPSA) is 58.6 Å². The molecule has 0 bridgehead atoms. The molecule has 0 heterocycles. The molecule has 6 heteroatoms. The van der Waals surface area contributed by atoms with Gasteiger partial charge in [0.15, 0.2) is 0 Å². The number of hydrogen-bond donors (Lipinski definition) is 1. The summed E-state index contributed by atoms with van der Waals surface area (Å²) in [7, 11) is 1.59. The summed E-state index contributed by atoms with van der Waals surface area (Å²) >= 11 is 0. The second kappa shape index (κ2) is 11.2. The molecule has 29 heavy (non-hydrogen) atoms. The number of nitrogens with zero attached hydrogens (tertiary/aromatic N) is 1. The second-order valence-corrected chi connectivity index (χ2v) is 6.96. The first-order chi connectivity index (χ1) is 14.0. The molecule has 2 aromatic carbocycles. The van der Waals surface area contributed by atoms with Gasteiger partial charge in [-0.15, -0.1) is 0 Å². The molecule has 2 amide bonds. The first-order valence-corrected chi connectivity index (χ1v) is 9.89. The van der Waals surface area contributed by atoms with Crippen LogP contribution in [0.15, 0.2) is 48.5 Å². The Balaban J connectivity index is 2.19. The SMILES string of the molecule is CCCCNC(=O)[C@H](C)N(Cc1ccc(OC)cc1)C(=O)Cc1ccccc1F. The van der Waals surface area contributed by atoms with Gasteiger partial charge in [-0.05, 0) is 42.7 Å². The molecule has 0 aliphatic heterocycles. The number of amides is 2. The zero-order chi connectivity index (χ0) is 21.2. The Hall–Kier alpha value is -2.89. The number of unbranched alkanes of at least 4 members (excludes halogenated alkanes) is 1. The van der Waals surface area contributed by atoms with Crippen molar-refractivity contribution in [2.45, 2.75) is 45.7 Å². The summed E-state index contributed by atoms with van der Waals surface area (Å²) in [6.07, 6.45) is 1.74. The van der Waals surface area contributed by atoms with E-state index in [1.54, 1.807) is 44.4 Å². The van der Waals surface area contributed by atoms with Crippen molar-refractivity contribution < 1.29 is 18.7 Å². The van der Waals surface area contributed by atoms with E-state index in [1.165, 1.54) is 11.0 Å². The largest absolute Gasteiger partial charge is 0.497 e. The van der Waals surface area contributed by atoms with Crippen LogP contribution in [0, 0.1) is 5.82 Å². The van der Waals surface area contributed by atoms with Crippen molar-refractivity contribution in [3.63, 3.8) is 0 Å². The number of benzene rings is 2. The fourth-order valence-electron chi connectivity index (χ4n) is 2.95. The quantitative estimate of drug-likeness (QED) is 0.619. The van der Waals surface area contributed by atoms with Gasteiger partial charge in [0.05, 0.1) is 13.5 Å². The lowest BCUT2D eigenvalue weighted by Crippen LogP contribution is -2.48. The Morgan fingerprint density at radius 1 is 1.14 bits per heavy atom. The number of hydrogen-bond acceptors (Lipinski definition) is 3. The van der Waals surface area contributed by atoms with Crippen LogP contribution in [-0.4, -0.2) is 36.4 Å². The molecule has 2 rings (SSSR count). The Kier molecular flexibility index (Phi) is 8.65. The van der Waals surface area contributed by atoms with Crippen molar-refractivity contribution in [2.75, 3.05) is 13.7 Å². The summed E-state index contributed by atoms with van der Waals surface area (Å²) in [4.78, 5) is 27.1. The van der Waals surface area contributed by atoms with Crippen LogP contribution in [0.2, 0.25) is 0 Å². The number of rotatable bonds is 10. The minimum Gasteiger partial charge on any atom is -0.497 e. The van der Waals surface area contributed by atoms with Crippen molar-refractivity contribution in [2.24, 2.45) is 0 Å². The van der Waals surface area contributed by atoms with Gasteiger partial charge < -0.3 is 15.0 Å². The normalized spacial score (nSPS) is 11.6. The molecular formula is C23H29FN2O3. The molecule has 0 unspecified atom stereocenters. The van der Waals surface area contributed by atoms with Gasteiger partial charge in [0.1, 0.15) is 17.6 Å². The average molecular weight is 400 g/mol. The Morgan fingerprint density at radius 2 is 1.83 bits per heavy atom. The maximum Gasteiger partial charge on any atom is 0.242 e. The van der Waals surface area contributed by atoms with Gasteiger partial charge in [-0.3, -0.25) is 9.59 Å². The van der Waals surface area contributed by atoms with E-state index in [-0.39, 0.29) is 24.8 Å². The van der Waals surface area contributed by atoms with E-state index in [4.69, 9.17) is 4.74 Å². The summed E-state index contributed by atoms with van der Waals surface area (Å²) in [5, 5.41) is 2.87. The van der Waals surface area contributed by atoms with E-state index in [0.29, 0.717) is 17.9 Å². The third kappa shape index (κ3) is 6.59. The molecule has 0 fully saturated rings. The minimum absolute atomic E-state index is 0.102. The average Bonchev–Trinajstić information content (AvgIpc) is 2.73. The zero-order valence-corrected chi connectivity index (χ0v) is 17.3. The highest BCUT2D eigenvalue weighted by Crippen LogP contribution is 2.17. The highest BCUT2D eigenvalue weighted by atomic mass is 19.1. The van der Waals surface area contributed by atoms with E-state index >= 15 is 0 Å². The summed E-state index contributed by atoms with van der Waals surface area (Å²) in [5.74, 6) is -0.230. The van der Waals surface area contributed by atoms with Crippen LogP contribution in [0.4, 0.5) is 4.39 Å². The Labute approximate surface area is 171 Å². The molecule has 0 aliphatic carbocycles. The first kappa shape index (κ1) is 22.4.